The van der Waals surface area contributed by atoms with E-state index in [0.717, 1.165) is 35.4 Å². The van der Waals surface area contributed by atoms with Crippen LogP contribution in [0.15, 0.2) is 35.0 Å². The van der Waals surface area contributed by atoms with Gasteiger partial charge in [0.05, 0.1) is 36.5 Å². The summed E-state index contributed by atoms with van der Waals surface area (Å²) in [5, 5.41) is 18.0. The summed E-state index contributed by atoms with van der Waals surface area (Å²) in [7, 11) is 1.84. The van der Waals surface area contributed by atoms with Crippen molar-refractivity contribution >= 4 is 0 Å². The number of hydrogen-bond donors (Lipinski definition) is 1. The molecule has 0 aliphatic heterocycles. The first-order valence-corrected chi connectivity index (χ1v) is 9.96. The third-order valence-electron chi connectivity index (χ3n) is 5.44. The maximum absolute atomic E-state index is 9.20. The van der Waals surface area contributed by atoms with Crippen LogP contribution in [-0.4, -0.2) is 43.5 Å². The van der Waals surface area contributed by atoms with Crippen molar-refractivity contribution in [1.29, 1.82) is 0 Å². The third kappa shape index (κ3) is 3.86. The zero-order chi connectivity index (χ0) is 19.3. The number of hydrogen-bond acceptors (Lipinski definition) is 5. The molecule has 2 N–H and O–H groups in total. The molecule has 1 aliphatic carbocycles. The van der Waals surface area contributed by atoms with Crippen LogP contribution in [0.3, 0.4) is 0 Å². The normalized spacial score (nSPS) is 15.2. The Morgan fingerprint density at radius 3 is 2.68 bits per heavy atom. The van der Waals surface area contributed by atoms with E-state index >= 15 is 0 Å². The molecule has 4 rings (SSSR count). The van der Waals surface area contributed by atoms with Crippen molar-refractivity contribution in [2.75, 3.05) is 13.7 Å². The van der Waals surface area contributed by atoms with E-state index in [1.54, 1.807) is 0 Å². The molecule has 1 aromatic carbocycles. The molecule has 148 valence electrons. The first-order valence-electron chi connectivity index (χ1n) is 9.96. The van der Waals surface area contributed by atoms with Gasteiger partial charge in [0.15, 0.2) is 0 Å². The molecule has 0 atom stereocenters. The Kier molecular flexibility index (Phi) is 5.83. The molecule has 1 saturated carbocycles. The molecule has 0 amide bonds. The Labute approximate surface area is 164 Å². The molecule has 0 bridgehead atoms. The first kappa shape index (κ1) is 18.8. The SMILES string of the molecule is C[OH+]CCc1c(-c2nc(-c3ccc(CO)cc3)no2)cnn1C1CCCCC1. The highest BCUT2D eigenvalue weighted by Crippen LogP contribution is 2.33. The lowest BCUT2D eigenvalue weighted by atomic mass is 9.95. The van der Waals surface area contributed by atoms with Gasteiger partial charge < -0.3 is 14.4 Å². The molecule has 3 aromatic rings. The van der Waals surface area contributed by atoms with Crippen LogP contribution in [-0.2, 0) is 13.0 Å². The lowest BCUT2D eigenvalue weighted by molar-refractivity contribution is 0.0168. The highest BCUT2D eigenvalue weighted by Gasteiger charge is 2.24. The van der Waals surface area contributed by atoms with E-state index in [0.29, 0.717) is 17.8 Å². The fraction of sp³-hybridized carbons (Fsp3) is 0.476. The van der Waals surface area contributed by atoms with E-state index in [9.17, 15) is 5.11 Å². The van der Waals surface area contributed by atoms with Gasteiger partial charge in [-0.3, -0.25) is 4.68 Å². The lowest BCUT2D eigenvalue weighted by Gasteiger charge is -2.24. The summed E-state index contributed by atoms with van der Waals surface area (Å²) in [4.78, 5) is 4.61. The van der Waals surface area contributed by atoms with Gasteiger partial charge in [-0.15, -0.1) is 0 Å². The van der Waals surface area contributed by atoms with Gasteiger partial charge in [-0.25, -0.2) is 0 Å². The highest BCUT2D eigenvalue weighted by molar-refractivity contribution is 5.61. The molecule has 2 heterocycles. The minimum atomic E-state index is 0.0178. The van der Waals surface area contributed by atoms with Crippen molar-refractivity contribution in [3.8, 4) is 22.8 Å². The molecule has 0 radical (unpaired) electrons. The van der Waals surface area contributed by atoms with Crippen molar-refractivity contribution < 1.29 is 14.4 Å². The molecule has 1 aliphatic rings. The number of benzene rings is 1. The fourth-order valence-electron chi connectivity index (χ4n) is 3.88. The number of aliphatic hydroxyl groups is 3. The van der Waals surface area contributed by atoms with E-state index in [1.165, 1.54) is 32.1 Å². The van der Waals surface area contributed by atoms with Gasteiger partial charge in [-0.1, -0.05) is 48.7 Å². The van der Waals surface area contributed by atoms with Crippen molar-refractivity contribution in [2.24, 2.45) is 0 Å². The van der Waals surface area contributed by atoms with Crippen molar-refractivity contribution in [2.45, 2.75) is 51.2 Å². The van der Waals surface area contributed by atoms with Crippen LogP contribution in [0.5, 0.6) is 0 Å². The molecule has 0 spiro atoms. The third-order valence-corrected chi connectivity index (χ3v) is 5.44. The predicted octanol–water partition coefficient (Wildman–Crippen LogP) is 3.30. The van der Waals surface area contributed by atoms with E-state index in [2.05, 4.69) is 19.6 Å². The predicted molar refractivity (Wildman–Crippen MR) is 106 cm³/mol. The molecule has 7 heteroatoms. The van der Waals surface area contributed by atoms with E-state index < -0.39 is 0 Å². The Balaban J connectivity index is 1.64. The van der Waals surface area contributed by atoms with Crippen molar-refractivity contribution in [1.82, 2.24) is 19.9 Å². The molecular weight excluding hydrogens is 356 g/mol. The van der Waals surface area contributed by atoms with Crippen LogP contribution in [0.4, 0.5) is 0 Å². The zero-order valence-corrected chi connectivity index (χ0v) is 16.2. The van der Waals surface area contributed by atoms with Crippen LogP contribution >= 0.6 is 0 Å². The topological polar surface area (TPSA) is 89.8 Å². The van der Waals surface area contributed by atoms with E-state index in [1.807, 2.05) is 37.6 Å². The quantitative estimate of drug-likeness (QED) is 0.632. The monoisotopic (exact) mass is 383 g/mol. The summed E-state index contributed by atoms with van der Waals surface area (Å²) in [6, 6.07) is 7.95. The summed E-state index contributed by atoms with van der Waals surface area (Å²) < 4.78 is 12.0. The second-order valence-electron chi connectivity index (χ2n) is 7.31. The standard InChI is InChI=1S/C21H26N4O3/c1-27-12-11-19-18(13-22-25(19)17-5-3-2-4-6-17)21-23-20(24-28-21)16-9-7-15(14-26)8-10-16/h7-10,13,17,26H,2-6,11-12,14H2,1H3/p+1. The van der Waals surface area contributed by atoms with Crippen molar-refractivity contribution in [3.05, 3.63) is 41.7 Å². The molecule has 1 fully saturated rings. The maximum Gasteiger partial charge on any atom is 0.261 e. The Morgan fingerprint density at radius 1 is 1.18 bits per heavy atom. The van der Waals surface area contributed by atoms with Crippen LogP contribution in [0.1, 0.15) is 49.4 Å². The van der Waals surface area contributed by atoms with E-state index in [-0.39, 0.29) is 6.61 Å². The maximum atomic E-state index is 9.20. The van der Waals surface area contributed by atoms with Gasteiger partial charge in [0.1, 0.15) is 13.7 Å². The first-order chi connectivity index (χ1) is 13.8. The van der Waals surface area contributed by atoms with Crippen LogP contribution < -0.4 is 0 Å². The highest BCUT2D eigenvalue weighted by atomic mass is 16.5. The van der Waals surface area contributed by atoms with Gasteiger partial charge in [-0.2, -0.15) is 10.1 Å². The number of ether oxygens (including phenoxy) is 1. The summed E-state index contributed by atoms with van der Waals surface area (Å²) in [6.07, 6.45) is 8.83. The largest absolute Gasteiger partial charge is 0.436 e. The minimum absolute atomic E-state index is 0.0178. The van der Waals surface area contributed by atoms with Gasteiger partial charge in [0.2, 0.25) is 5.82 Å². The second kappa shape index (κ2) is 8.67. The van der Waals surface area contributed by atoms with Crippen LogP contribution in [0.25, 0.3) is 22.8 Å². The smallest absolute Gasteiger partial charge is 0.261 e. The van der Waals surface area contributed by atoms with Gasteiger partial charge in [-0.05, 0) is 18.4 Å². The average Bonchev–Trinajstić information content (AvgIpc) is 3.40. The summed E-state index contributed by atoms with van der Waals surface area (Å²) in [5.41, 5.74) is 3.74. The summed E-state index contributed by atoms with van der Waals surface area (Å²) in [5.74, 6) is 1.03. The molecule has 28 heavy (non-hydrogen) atoms. The molecular formula is C21H27N4O3+. The zero-order valence-electron chi connectivity index (χ0n) is 16.2. The van der Waals surface area contributed by atoms with Gasteiger partial charge in [0.25, 0.3) is 5.89 Å². The minimum Gasteiger partial charge on any atom is -0.436 e. The van der Waals surface area contributed by atoms with Crippen LogP contribution in [0.2, 0.25) is 0 Å². The molecule has 7 nitrogen and oxygen atoms in total. The Morgan fingerprint density at radius 2 is 1.96 bits per heavy atom. The molecule has 0 saturated heterocycles. The second-order valence-corrected chi connectivity index (χ2v) is 7.31. The summed E-state index contributed by atoms with van der Waals surface area (Å²) in [6.45, 7) is 0.763. The lowest BCUT2D eigenvalue weighted by Crippen LogP contribution is -2.18. The van der Waals surface area contributed by atoms with Crippen LogP contribution in [0, 0.1) is 0 Å². The molecule has 0 unspecified atom stereocenters. The summed E-state index contributed by atoms with van der Waals surface area (Å²) >= 11 is 0. The Bertz CT molecular complexity index is 895. The van der Waals surface area contributed by atoms with Gasteiger partial charge in [0, 0.05) is 5.56 Å². The average molecular weight is 383 g/mol. The number of aromatic nitrogens is 4. The number of rotatable bonds is 7. The van der Waals surface area contributed by atoms with Crippen molar-refractivity contribution in [3.63, 3.8) is 0 Å². The Hall–Kier alpha value is -2.51. The molecule has 2 aromatic heterocycles. The fourth-order valence-corrected chi connectivity index (χ4v) is 3.88. The number of aliphatic hydroxyl groups excluding tert-OH is 1. The number of nitrogens with zero attached hydrogens (tertiary/aromatic N) is 4. The van der Waals surface area contributed by atoms with E-state index in [4.69, 9.17) is 9.62 Å². The van der Waals surface area contributed by atoms with Gasteiger partial charge >= 0.3 is 0 Å².